The lowest BCUT2D eigenvalue weighted by Crippen LogP contribution is -2.68. The number of phenolic OH excluding ortho intramolecular Hbond substituents is 1. The van der Waals surface area contributed by atoms with E-state index in [9.17, 15) is 38.6 Å². The number of amides is 1. The number of aromatic hydroxyl groups is 1. The number of Topliss-reactive ketones (excluding diaryl/α,β-unsaturated/α-hetero) is 4. The van der Waals surface area contributed by atoms with Crippen molar-refractivity contribution < 1.29 is 38.6 Å². The average molecular weight is 460 g/mol. The van der Waals surface area contributed by atoms with Crippen LogP contribution in [-0.4, -0.2) is 57.6 Å². The highest BCUT2D eigenvalue weighted by Gasteiger charge is 2.66. The minimum atomic E-state index is -2.66. The first kappa shape index (κ1) is 23.2. The summed E-state index contributed by atoms with van der Waals surface area (Å²) in [5.74, 6) is -10.4. The molecule has 10 heteroatoms. The molecule has 1 amide bonds. The SMILES string of the molecule is CC(CF)NCc1ccc(O)c2c1C[C@H]1C[C@H]3CC(=O)C(C(N)=O)C(=O)[C@@]3(O)C(=O)C1C2=O. The number of carbonyl (C=O) groups excluding carboxylic acids is 5. The Morgan fingerprint density at radius 2 is 1.94 bits per heavy atom. The number of nitrogens with one attached hydrogen (secondary N) is 1. The lowest BCUT2D eigenvalue weighted by Gasteiger charge is -2.48. The van der Waals surface area contributed by atoms with Crippen molar-refractivity contribution in [1.82, 2.24) is 5.32 Å². The fraction of sp³-hybridized carbons (Fsp3) is 0.522. The predicted octanol–water partition coefficient (Wildman–Crippen LogP) is -0.225. The van der Waals surface area contributed by atoms with E-state index < -0.39 is 71.0 Å². The maximum atomic E-state index is 13.4. The summed E-state index contributed by atoms with van der Waals surface area (Å²) in [6, 6.07) is 2.50. The molecule has 1 aromatic rings. The first-order valence-electron chi connectivity index (χ1n) is 10.8. The lowest BCUT2D eigenvalue weighted by atomic mass is 9.53. The molecular weight excluding hydrogens is 435 g/mol. The molecule has 0 saturated heterocycles. The predicted molar refractivity (Wildman–Crippen MR) is 111 cm³/mol. The zero-order valence-corrected chi connectivity index (χ0v) is 18.0. The second-order valence-corrected chi connectivity index (χ2v) is 9.27. The van der Waals surface area contributed by atoms with Gasteiger partial charge in [0.05, 0.1) is 11.5 Å². The molecule has 33 heavy (non-hydrogen) atoms. The van der Waals surface area contributed by atoms with Gasteiger partial charge in [0, 0.05) is 24.9 Å². The largest absolute Gasteiger partial charge is 0.507 e. The van der Waals surface area contributed by atoms with E-state index in [4.69, 9.17) is 5.73 Å². The standard InChI is InChI=1S/C23H25FN2O7/c1-9(7-24)26-8-10-2-3-14(27)17-13(10)5-11-4-12-6-15(28)18(22(25)32)21(31)23(12,33)20(30)16(11)19(17)29/h2-3,9,11-12,16,18,26-27,33H,4-8H2,1H3,(H2,25,32)/t9?,11-,12+,16?,18?,23+/m1/s1. The highest BCUT2D eigenvalue weighted by molar-refractivity contribution is 6.31. The van der Waals surface area contributed by atoms with Crippen molar-refractivity contribution >= 4 is 29.0 Å². The highest BCUT2D eigenvalue weighted by Crippen LogP contribution is 2.50. The molecule has 0 heterocycles. The molecule has 0 aliphatic heterocycles. The van der Waals surface area contributed by atoms with E-state index >= 15 is 0 Å². The second kappa shape index (κ2) is 8.11. The molecule has 3 unspecified atom stereocenters. The maximum Gasteiger partial charge on any atom is 0.235 e. The Kier molecular flexibility index (Phi) is 5.69. The zero-order chi connectivity index (χ0) is 24.2. The number of benzene rings is 1. The molecule has 0 aromatic heterocycles. The number of aliphatic hydroxyl groups is 1. The molecule has 176 valence electrons. The Labute approximate surface area is 188 Å². The average Bonchev–Trinajstić information content (AvgIpc) is 2.75. The van der Waals surface area contributed by atoms with Crippen molar-refractivity contribution in [2.75, 3.05) is 6.67 Å². The molecule has 0 bridgehead atoms. The van der Waals surface area contributed by atoms with Crippen LogP contribution in [0.3, 0.4) is 0 Å². The number of alkyl halides is 1. The molecule has 0 radical (unpaired) electrons. The van der Waals surface area contributed by atoms with Crippen LogP contribution in [0.2, 0.25) is 0 Å². The number of rotatable bonds is 5. The van der Waals surface area contributed by atoms with Gasteiger partial charge in [-0.25, -0.2) is 4.39 Å². The first-order chi connectivity index (χ1) is 15.5. The van der Waals surface area contributed by atoms with Crippen molar-refractivity contribution in [3.8, 4) is 5.75 Å². The summed E-state index contributed by atoms with van der Waals surface area (Å²) in [6.07, 6.45) is -0.153. The number of hydrogen-bond acceptors (Lipinski definition) is 8. The van der Waals surface area contributed by atoms with Gasteiger partial charge in [-0.3, -0.25) is 24.0 Å². The summed E-state index contributed by atoms with van der Waals surface area (Å²) < 4.78 is 12.9. The molecule has 5 N–H and O–H groups in total. The van der Waals surface area contributed by atoms with Gasteiger partial charge in [-0.05, 0) is 42.9 Å². The third-order valence-corrected chi connectivity index (χ3v) is 7.26. The third kappa shape index (κ3) is 3.39. The van der Waals surface area contributed by atoms with E-state index in [1.165, 1.54) is 6.07 Å². The van der Waals surface area contributed by atoms with E-state index in [0.29, 0.717) is 11.1 Å². The van der Waals surface area contributed by atoms with Gasteiger partial charge in [-0.2, -0.15) is 0 Å². The quantitative estimate of drug-likeness (QED) is 0.438. The van der Waals surface area contributed by atoms with Gasteiger partial charge in [-0.15, -0.1) is 0 Å². The molecule has 3 aliphatic rings. The maximum absolute atomic E-state index is 13.4. The summed E-state index contributed by atoms with van der Waals surface area (Å²) in [6.45, 7) is 1.30. The first-order valence-corrected chi connectivity index (χ1v) is 10.8. The highest BCUT2D eigenvalue weighted by atomic mass is 19.1. The Morgan fingerprint density at radius 3 is 2.58 bits per heavy atom. The molecule has 0 spiro atoms. The number of primary amides is 1. The van der Waals surface area contributed by atoms with Crippen LogP contribution in [-0.2, 0) is 32.1 Å². The minimum Gasteiger partial charge on any atom is -0.507 e. The van der Waals surface area contributed by atoms with Crippen LogP contribution in [0, 0.1) is 23.7 Å². The third-order valence-electron chi connectivity index (χ3n) is 7.26. The Bertz CT molecular complexity index is 1090. The molecular formula is C23H25FN2O7. The van der Waals surface area contributed by atoms with E-state index in [0.717, 1.165) is 0 Å². The minimum absolute atomic E-state index is 0.0322. The van der Waals surface area contributed by atoms with Gasteiger partial charge in [0.25, 0.3) is 0 Å². The van der Waals surface area contributed by atoms with Crippen molar-refractivity contribution in [2.24, 2.45) is 29.4 Å². The van der Waals surface area contributed by atoms with Crippen LogP contribution in [0.15, 0.2) is 12.1 Å². The van der Waals surface area contributed by atoms with Crippen LogP contribution in [0.4, 0.5) is 4.39 Å². The summed E-state index contributed by atoms with van der Waals surface area (Å²) in [5, 5.41) is 24.5. The van der Waals surface area contributed by atoms with Gasteiger partial charge in [-0.1, -0.05) is 6.07 Å². The molecule has 1 aromatic carbocycles. The Morgan fingerprint density at radius 1 is 1.24 bits per heavy atom. The Hall–Kier alpha value is -2.98. The fourth-order valence-electron chi connectivity index (χ4n) is 5.54. The summed E-state index contributed by atoms with van der Waals surface area (Å²) >= 11 is 0. The van der Waals surface area contributed by atoms with Crippen LogP contribution >= 0.6 is 0 Å². The van der Waals surface area contributed by atoms with E-state index in [-0.39, 0.29) is 37.1 Å². The van der Waals surface area contributed by atoms with Gasteiger partial charge in [0.1, 0.15) is 12.4 Å². The van der Waals surface area contributed by atoms with Crippen LogP contribution in [0.1, 0.15) is 41.3 Å². The van der Waals surface area contributed by atoms with E-state index in [1.807, 2.05) is 0 Å². The summed E-state index contributed by atoms with van der Waals surface area (Å²) in [5.41, 5.74) is 3.61. The van der Waals surface area contributed by atoms with Crippen molar-refractivity contribution in [3.63, 3.8) is 0 Å². The number of halogens is 1. The fourth-order valence-corrected chi connectivity index (χ4v) is 5.54. The van der Waals surface area contributed by atoms with Crippen molar-refractivity contribution in [3.05, 3.63) is 28.8 Å². The van der Waals surface area contributed by atoms with E-state index in [2.05, 4.69) is 5.32 Å². The molecule has 2 fully saturated rings. The monoisotopic (exact) mass is 460 g/mol. The van der Waals surface area contributed by atoms with Gasteiger partial charge in [0.15, 0.2) is 34.7 Å². The number of phenols is 1. The number of fused-ring (bicyclic) bond motifs is 3. The van der Waals surface area contributed by atoms with Crippen LogP contribution in [0.5, 0.6) is 5.75 Å². The molecule has 4 rings (SSSR count). The molecule has 2 saturated carbocycles. The van der Waals surface area contributed by atoms with Gasteiger partial charge in [0.2, 0.25) is 5.91 Å². The molecule has 6 atom stereocenters. The van der Waals surface area contributed by atoms with Crippen LogP contribution < -0.4 is 11.1 Å². The summed E-state index contributed by atoms with van der Waals surface area (Å²) in [4.78, 5) is 63.7. The van der Waals surface area contributed by atoms with Crippen molar-refractivity contribution in [2.45, 2.75) is 44.4 Å². The molecule has 9 nitrogen and oxygen atoms in total. The lowest BCUT2D eigenvalue weighted by molar-refractivity contribution is -0.175. The van der Waals surface area contributed by atoms with Crippen molar-refractivity contribution in [1.29, 1.82) is 0 Å². The normalized spacial score (nSPS) is 32.1. The number of hydrogen-bond donors (Lipinski definition) is 4. The van der Waals surface area contributed by atoms with Gasteiger partial charge < -0.3 is 21.3 Å². The smallest absolute Gasteiger partial charge is 0.235 e. The zero-order valence-electron chi connectivity index (χ0n) is 18.0. The van der Waals surface area contributed by atoms with Gasteiger partial charge >= 0.3 is 0 Å². The number of carbonyl (C=O) groups is 5. The number of nitrogens with two attached hydrogens (primary N) is 1. The Balaban J connectivity index is 1.74. The number of ketones is 4. The summed E-state index contributed by atoms with van der Waals surface area (Å²) in [7, 11) is 0. The van der Waals surface area contributed by atoms with E-state index in [1.54, 1.807) is 13.0 Å². The topological polar surface area (TPSA) is 164 Å². The second-order valence-electron chi connectivity index (χ2n) is 9.27. The molecule has 3 aliphatic carbocycles. The van der Waals surface area contributed by atoms with Crippen LogP contribution in [0.25, 0.3) is 0 Å².